The molecule has 1 fully saturated rings. The maximum Gasteiger partial charge on any atom is 0.312 e. The van der Waals surface area contributed by atoms with Gasteiger partial charge >= 0.3 is 6.03 Å². The summed E-state index contributed by atoms with van der Waals surface area (Å²) in [4.78, 5) is 35.7. The molecule has 1 aliphatic heterocycles. The van der Waals surface area contributed by atoms with E-state index in [0.29, 0.717) is 25.1 Å². The minimum Gasteiger partial charge on any atom is -0.352 e. The van der Waals surface area contributed by atoms with Gasteiger partial charge < -0.3 is 21.3 Å². The molecule has 4 amide bonds. The number of likely N-dealkylation sites (N-methyl/N-ethyl adjacent to an activating group) is 1. The molecular formula is C14H18N4O3. The van der Waals surface area contributed by atoms with Crippen LogP contribution >= 0.6 is 0 Å². The Hall–Kier alpha value is -2.57. The number of benzene rings is 1. The highest BCUT2D eigenvalue weighted by molar-refractivity contribution is 5.95. The van der Waals surface area contributed by atoms with Crippen molar-refractivity contribution in [3.63, 3.8) is 0 Å². The zero-order chi connectivity index (χ0) is 15.4. The normalized spacial score (nSPS) is 17.7. The molecule has 0 radical (unpaired) electrons. The summed E-state index contributed by atoms with van der Waals surface area (Å²) < 4.78 is 0. The lowest BCUT2D eigenvalue weighted by Gasteiger charge is -2.12. The van der Waals surface area contributed by atoms with Crippen molar-refractivity contribution in [3.05, 3.63) is 35.4 Å². The van der Waals surface area contributed by atoms with E-state index in [1.165, 1.54) is 0 Å². The number of primary amides is 1. The van der Waals surface area contributed by atoms with Crippen molar-refractivity contribution in [2.24, 2.45) is 5.73 Å². The highest BCUT2D eigenvalue weighted by atomic mass is 16.2. The second-order valence-corrected chi connectivity index (χ2v) is 5.06. The van der Waals surface area contributed by atoms with Crippen LogP contribution in [0.5, 0.6) is 0 Å². The van der Waals surface area contributed by atoms with Crippen LogP contribution in [-0.4, -0.2) is 42.4 Å². The Labute approximate surface area is 122 Å². The molecule has 1 aromatic rings. The molecule has 7 nitrogen and oxygen atoms in total. The molecule has 4 N–H and O–H groups in total. The Morgan fingerprint density at radius 2 is 2.00 bits per heavy atom. The summed E-state index contributed by atoms with van der Waals surface area (Å²) >= 11 is 0. The maximum absolute atomic E-state index is 12.1. The second kappa shape index (κ2) is 6.25. The molecule has 21 heavy (non-hydrogen) atoms. The fraction of sp³-hybridized carbons (Fsp3) is 0.357. The van der Waals surface area contributed by atoms with Crippen LogP contribution in [0.4, 0.5) is 4.79 Å². The fourth-order valence-corrected chi connectivity index (χ4v) is 2.19. The number of urea groups is 1. The van der Waals surface area contributed by atoms with Crippen molar-refractivity contribution < 1.29 is 14.4 Å². The largest absolute Gasteiger partial charge is 0.352 e. The molecule has 0 spiro atoms. The van der Waals surface area contributed by atoms with Gasteiger partial charge in [0.15, 0.2) is 0 Å². The average molecular weight is 290 g/mol. The van der Waals surface area contributed by atoms with Crippen molar-refractivity contribution in [1.82, 2.24) is 15.5 Å². The molecule has 1 heterocycles. The molecular weight excluding hydrogens is 272 g/mol. The van der Waals surface area contributed by atoms with Crippen molar-refractivity contribution in [3.8, 4) is 0 Å². The highest BCUT2D eigenvalue weighted by Gasteiger charge is 2.27. The van der Waals surface area contributed by atoms with Gasteiger partial charge in [0.1, 0.15) is 0 Å². The first-order valence-corrected chi connectivity index (χ1v) is 6.63. The van der Waals surface area contributed by atoms with Crippen LogP contribution in [0.2, 0.25) is 0 Å². The minimum absolute atomic E-state index is 0.0353. The molecule has 0 aliphatic carbocycles. The molecule has 0 bridgehead atoms. The van der Waals surface area contributed by atoms with E-state index in [1.807, 2.05) is 0 Å². The van der Waals surface area contributed by atoms with Crippen molar-refractivity contribution in [2.45, 2.75) is 19.0 Å². The topological polar surface area (TPSA) is 105 Å². The van der Waals surface area contributed by atoms with E-state index in [-0.39, 0.29) is 17.9 Å². The van der Waals surface area contributed by atoms with Gasteiger partial charge in [-0.2, -0.15) is 0 Å². The van der Waals surface area contributed by atoms with Crippen LogP contribution in [0.3, 0.4) is 0 Å². The summed E-state index contributed by atoms with van der Waals surface area (Å²) in [5.74, 6) is -0.175. The number of nitrogens with two attached hydrogens (primary N) is 1. The summed E-state index contributed by atoms with van der Waals surface area (Å²) in [5.41, 5.74) is 6.35. The van der Waals surface area contributed by atoms with Crippen LogP contribution in [-0.2, 0) is 11.3 Å². The van der Waals surface area contributed by atoms with Gasteiger partial charge in [-0.05, 0) is 17.7 Å². The number of hydrogen-bond acceptors (Lipinski definition) is 3. The number of carbonyl (C=O) groups is 3. The van der Waals surface area contributed by atoms with E-state index in [9.17, 15) is 14.4 Å². The van der Waals surface area contributed by atoms with E-state index in [4.69, 9.17) is 5.73 Å². The fourth-order valence-electron chi connectivity index (χ4n) is 2.19. The lowest BCUT2D eigenvalue weighted by Crippen LogP contribution is -2.36. The van der Waals surface area contributed by atoms with Crippen molar-refractivity contribution in [2.75, 3.05) is 13.6 Å². The third-order valence-electron chi connectivity index (χ3n) is 3.36. The molecule has 1 unspecified atom stereocenters. The first kappa shape index (κ1) is 14.8. The Morgan fingerprint density at radius 1 is 1.33 bits per heavy atom. The molecule has 7 heteroatoms. The molecule has 0 aromatic heterocycles. The zero-order valence-electron chi connectivity index (χ0n) is 11.8. The van der Waals surface area contributed by atoms with E-state index >= 15 is 0 Å². The van der Waals surface area contributed by atoms with E-state index < -0.39 is 6.03 Å². The standard InChI is InChI=1S/C14H18N4O3/c1-18-8-11(6-12(18)19)17-13(20)10-4-2-9(3-5-10)7-16-14(15)21/h2-5,11H,6-8H2,1H3,(H,17,20)(H3,15,16,21). The van der Waals surface area contributed by atoms with Gasteiger partial charge in [0.2, 0.25) is 5.91 Å². The number of rotatable bonds is 4. The average Bonchev–Trinajstić information content (AvgIpc) is 2.75. The van der Waals surface area contributed by atoms with Crippen molar-refractivity contribution >= 4 is 17.8 Å². The first-order valence-electron chi connectivity index (χ1n) is 6.63. The molecule has 1 atom stereocenters. The highest BCUT2D eigenvalue weighted by Crippen LogP contribution is 2.10. The van der Waals surface area contributed by atoms with Gasteiger partial charge in [-0.25, -0.2) is 4.79 Å². The number of nitrogens with one attached hydrogen (secondary N) is 2. The Bertz CT molecular complexity index is 556. The van der Waals surface area contributed by atoms with Crippen LogP contribution in [0.25, 0.3) is 0 Å². The van der Waals surface area contributed by atoms with E-state index in [2.05, 4.69) is 10.6 Å². The molecule has 112 valence electrons. The summed E-state index contributed by atoms with van der Waals surface area (Å²) in [6.45, 7) is 0.852. The van der Waals surface area contributed by atoms with E-state index in [1.54, 1.807) is 36.2 Å². The van der Waals surface area contributed by atoms with Crippen molar-refractivity contribution in [1.29, 1.82) is 0 Å². The number of likely N-dealkylation sites (tertiary alicyclic amines) is 1. The molecule has 1 aromatic carbocycles. The first-order chi connectivity index (χ1) is 9.95. The van der Waals surface area contributed by atoms with E-state index in [0.717, 1.165) is 5.56 Å². The van der Waals surface area contributed by atoms with Gasteiger partial charge in [-0.3, -0.25) is 9.59 Å². The Kier molecular flexibility index (Phi) is 4.42. The lowest BCUT2D eigenvalue weighted by molar-refractivity contribution is -0.126. The SMILES string of the molecule is CN1CC(NC(=O)c2ccc(CNC(N)=O)cc2)CC1=O. The number of hydrogen-bond donors (Lipinski definition) is 3. The number of nitrogens with zero attached hydrogens (tertiary/aromatic N) is 1. The smallest absolute Gasteiger partial charge is 0.312 e. The predicted molar refractivity (Wildman–Crippen MR) is 76.4 cm³/mol. The minimum atomic E-state index is -0.591. The van der Waals surface area contributed by atoms with Crippen LogP contribution in [0.1, 0.15) is 22.3 Å². The summed E-state index contributed by atoms with van der Waals surface area (Å²) in [6.07, 6.45) is 0.336. The number of amides is 4. The van der Waals surface area contributed by atoms with Crippen LogP contribution in [0, 0.1) is 0 Å². The van der Waals surface area contributed by atoms with Gasteiger partial charge in [0, 0.05) is 32.1 Å². The molecule has 1 aliphatic rings. The third kappa shape index (κ3) is 3.95. The lowest BCUT2D eigenvalue weighted by atomic mass is 10.1. The number of carbonyl (C=O) groups excluding carboxylic acids is 3. The third-order valence-corrected chi connectivity index (χ3v) is 3.36. The Morgan fingerprint density at radius 3 is 2.52 bits per heavy atom. The summed E-state index contributed by atoms with van der Waals surface area (Å²) in [6, 6.07) is 6.10. The van der Waals surface area contributed by atoms with Gasteiger partial charge in [-0.15, -0.1) is 0 Å². The molecule has 0 saturated carbocycles. The Balaban J connectivity index is 1.91. The molecule has 1 saturated heterocycles. The van der Waals surface area contributed by atoms with Crippen LogP contribution < -0.4 is 16.4 Å². The summed E-state index contributed by atoms with van der Waals surface area (Å²) in [7, 11) is 1.72. The van der Waals surface area contributed by atoms with Gasteiger partial charge in [0.05, 0.1) is 6.04 Å². The van der Waals surface area contributed by atoms with Crippen LogP contribution in [0.15, 0.2) is 24.3 Å². The molecule has 2 rings (SSSR count). The van der Waals surface area contributed by atoms with Gasteiger partial charge in [-0.1, -0.05) is 12.1 Å². The zero-order valence-corrected chi connectivity index (χ0v) is 11.8. The van der Waals surface area contributed by atoms with Gasteiger partial charge in [0.25, 0.3) is 5.91 Å². The summed E-state index contributed by atoms with van der Waals surface area (Å²) in [5, 5.41) is 5.31. The monoisotopic (exact) mass is 290 g/mol. The quantitative estimate of drug-likeness (QED) is 0.716. The maximum atomic E-state index is 12.1. The predicted octanol–water partition coefficient (Wildman–Crippen LogP) is -0.185. The second-order valence-electron chi connectivity index (χ2n) is 5.06.